The van der Waals surface area contributed by atoms with E-state index in [0.29, 0.717) is 21.7 Å². The molecule has 4 aromatic rings. The van der Waals surface area contributed by atoms with E-state index in [-0.39, 0.29) is 27.9 Å². The second-order valence-electron chi connectivity index (χ2n) is 10.3. The van der Waals surface area contributed by atoms with Crippen LogP contribution in [0.4, 0.5) is 10.1 Å². The van der Waals surface area contributed by atoms with Crippen LogP contribution in [0.1, 0.15) is 48.1 Å². The molecule has 7 heteroatoms. The second-order valence-corrected chi connectivity index (χ2v) is 11.1. The summed E-state index contributed by atoms with van der Waals surface area (Å²) in [6.07, 6.45) is 3.74. The molecule has 0 bridgehead atoms. The van der Waals surface area contributed by atoms with Crippen LogP contribution in [0.5, 0.6) is 0 Å². The van der Waals surface area contributed by atoms with E-state index in [2.05, 4.69) is 0 Å². The van der Waals surface area contributed by atoms with E-state index in [9.17, 15) is 18.8 Å². The normalized spacial score (nSPS) is 21.9. The van der Waals surface area contributed by atoms with Crippen molar-refractivity contribution >= 4 is 52.3 Å². The van der Waals surface area contributed by atoms with Crippen molar-refractivity contribution in [1.29, 1.82) is 0 Å². The van der Waals surface area contributed by atoms with Crippen molar-refractivity contribution in [2.45, 2.75) is 18.0 Å². The maximum Gasteiger partial charge on any atom is 0.185 e. The van der Waals surface area contributed by atoms with Gasteiger partial charge in [0.2, 0.25) is 0 Å². The average molecular weight is 568 g/mol. The maximum atomic E-state index is 14.6. The number of Topliss-reactive ketones (excluding diaryl/α,β-unsaturated/α-hetero) is 3. The topological polar surface area (TPSA) is 54.5 Å². The molecule has 1 saturated heterocycles. The van der Waals surface area contributed by atoms with Gasteiger partial charge in [0.1, 0.15) is 17.3 Å². The van der Waals surface area contributed by atoms with Crippen LogP contribution in [-0.4, -0.2) is 29.4 Å². The number of hydrogen-bond donors (Lipinski definition) is 0. The van der Waals surface area contributed by atoms with Crippen LogP contribution >= 0.6 is 23.2 Å². The Bertz CT molecular complexity index is 1750. The summed E-state index contributed by atoms with van der Waals surface area (Å²) in [5.74, 6) is -2.49. The van der Waals surface area contributed by atoms with Gasteiger partial charge in [-0.05, 0) is 53.6 Å². The number of carbonyl (C=O) groups excluding carboxylic acids is 3. The minimum absolute atomic E-state index is 0.252. The van der Waals surface area contributed by atoms with Crippen LogP contribution in [-0.2, 0) is 0 Å². The molecule has 2 aliphatic heterocycles. The summed E-state index contributed by atoms with van der Waals surface area (Å²) in [6.45, 7) is 0. The number of benzene rings is 4. The van der Waals surface area contributed by atoms with Crippen molar-refractivity contribution in [3.8, 4) is 0 Å². The molecular weight excluding hydrogens is 548 g/mol. The third kappa shape index (κ3) is 3.28. The number of anilines is 1. The molecule has 2 heterocycles. The molecule has 3 atom stereocenters. The largest absolute Gasteiger partial charge is 0.352 e. The molecule has 0 aromatic heterocycles. The van der Waals surface area contributed by atoms with Crippen molar-refractivity contribution in [2.24, 2.45) is 5.41 Å². The minimum Gasteiger partial charge on any atom is -0.352 e. The van der Waals surface area contributed by atoms with Crippen LogP contribution in [0.15, 0.2) is 97.1 Å². The quantitative estimate of drug-likeness (QED) is 0.190. The van der Waals surface area contributed by atoms with Crippen LogP contribution in [0.2, 0.25) is 10.0 Å². The van der Waals surface area contributed by atoms with E-state index in [0.717, 1.165) is 11.3 Å². The number of hydrogen-bond acceptors (Lipinski definition) is 4. The molecule has 4 nitrogen and oxygen atoms in total. The molecule has 1 aliphatic carbocycles. The van der Waals surface area contributed by atoms with E-state index in [1.54, 1.807) is 42.5 Å². The van der Waals surface area contributed by atoms with Crippen LogP contribution < -0.4 is 4.90 Å². The molecule has 7 rings (SSSR count). The highest BCUT2D eigenvalue weighted by Crippen LogP contribution is 2.61. The van der Waals surface area contributed by atoms with E-state index in [1.807, 2.05) is 41.3 Å². The highest BCUT2D eigenvalue weighted by Gasteiger charge is 2.71. The monoisotopic (exact) mass is 567 g/mol. The van der Waals surface area contributed by atoms with Crippen LogP contribution in [0.3, 0.4) is 0 Å². The van der Waals surface area contributed by atoms with Gasteiger partial charge in [0, 0.05) is 38.3 Å². The van der Waals surface area contributed by atoms with E-state index in [1.165, 1.54) is 24.3 Å². The van der Waals surface area contributed by atoms with Gasteiger partial charge in [0.15, 0.2) is 17.3 Å². The zero-order chi connectivity index (χ0) is 27.8. The van der Waals surface area contributed by atoms with Crippen molar-refractivity contribution in [3.63, 3.8) is 0 Å². The Hall–Kier alpha value is -4.06. The molecule has 196 valence electrons. The van der Waals surface area contributed by atoms with Gasteiger partial charge in [-0.3, -0.25) is 14.4 Å². The summed E-state index contributed by atoms with van der Waals surface area (Å²) in [4.78, 5) is 45.6. The first-order valence-electron chi connectivity index (χ1n) is 12.8. The first kappa shape index (κ1) is 24.9. The third-order valence-electron chi connectivity index (χ3n) is 8.41. The van der Waals surface area contributed by atoms with E-state index < -0.39 is 29.2 Å². The minimum atomic E-state index is -1.68. The van der Waals surface area contributed by atoms with Crippen molar-refractivity contribution in [2.75, 3.05) is 4.90 Å². The van der Waals surface area contributed by atoms with Gasteiger partial charge in [0.05, 0.1) is 6.04 Å². The van der Waals surface area contributed by atoms with E-state index >= 15 is 0 Å². The predicted octanol–water partition coefficient (Wildman–Crippen LogP) is 7.45. The number of halogens is 3. The summed E-state index contributed by atoms with van der Waals surface area (Å²) in [5, 5.41) is 0.639. The molecule has 1 unspecified atom stereocenters. The summed E-state index contributed by atoms with van der Waals surface area (Å²) < 4.78 is 13.9. The number of fused-ring (bicyclic) bond motifs is 5. The number of rotatable bonds is 3. The fraction of sp³-hybridized carbons (Fsp3) is 0.121. The lowest BCUT2D eigenvalue weighted by atomic mass is 9.64. The van der Waals surface area contributed by atoms with Gasteiger partial charge in [-0.1, -0.05) is 83.9 Å². The Balaban J connectivity index is 1.56. The first-order valence-corrected chi connectivity index (χ1v) is 13.6. The van der Waals surface area contributed by atoms with E-state index in [4.69, 9.17) is 23.2 Å². The zero-order valence-electron chi connectivity index (χ0n) is 20.9. The molecule has 40 heavy (non-hydrogen) atoms. The maximum absolute atomic E-state index is 14.6. The van der Waals surface area contributed by atoms with Gasteiger partial charge in [-0.2, -0.15) is 0 Å². The molecular formula is C33H20Cl2FNO3. The molecule has 0 radical (unpaired) electrons. The summed E-state index contributed by atoms with van der Waals surface area (Å²) in [7, 11) is 0. The number of para-hydroxylation sites is 1. The van der Waals surface area contributed by atoms with Gasteiger partial charge < -0.3 is 4.90 Å². The molecule has 0 saturated carbocycles. The average Bonchev–Trinajstić information content (AvgIpc) is 3.39. The number of carbonyl (C=O) groups is 3. The predicted molar refractivity (Wildman–Crippen MR) is 153 cm³/mol. The number of nitrogens with zero attached hydrogens (tertiary/aromatic N) is 1. The molecule has 1 fully saturated rings. The fourth-order valence-electron chi connectivity index (χ4n) is 6.80. The zero-order valence-corrected chi connectivity index (χ0v) is 22.4. The third-order valence-corrected chi connectivity index (χ3v) is 8.97. The molecule has 1 spiro atoms. The summed E-state index contributed by atoms with van der Waals surface area (Å²) >= 11 is 13.1. The summed E-state index contributed by atoms with van der Waals surface area (Å²) in [6, 6.07) is 22.7. The lowest BCUT2D eigenvalue weighted by molar-refractivity contribution is 0.0666. The molecule has 0 N–H and O–H groups in total. The lowest BCUT2D eigenvalue weighted by Crippen LogP contribution is -2.48. The highest BCUT2D eigenvalue weighted by molar-refractivity contribution is 6.36. The van der Waals surface area contributed by atoms with Crippen LogP contribution in [0, 0.1) is 11.2 Å². The Morgan fingerprint density at radius 3 is 2.15 bits per heavy atom. The molecule has 4 aromatic carbocycles. The first-order chi connectivity index (χ1) is 19.3. The molecule has 0 amide bonds. The van der Waals surface area contributed by atoms with Crippen molar-refractivity contribution in [1.82, 2.24) is 0 Å². The Morgan fingerprint density at radius 2 is 1.48 bits per heavy atom. The fourth-order valence-corrected chi connectivity index (χ4v) is 7.33. The second kappa shape index (κ2) is 8.98. The van der Waals surface area contributed by atoms with Gasteiger partial charge >= 0.3 is 0 Å². The standard InChI is InChI=1S/C33H20Cl2FNO3/c34-20-12-15-24(25(35)17-20)28-29(30(38)19-9-13-21(36)14-10-19)37-26-8-4-1-5-18(26)11-16-27(37)33(28)31(39)22-6-2-3-7-23(22)32(33)40/h1-17,27-29H/t27?,28-,29+/m0/s1. The SMILES string of the molecule is O=C(c1ccc(F)cc1)[C@H]1[C@H](c2ccc(Cl)cc2Cl)C2(C(=O)c3ccccc3C2=O)C2C=Cc3ccccc3N21. The Labute approximate surface area is 239 Å². The molecule has 3 aliphatic rings. The summed E-state index contributed by atoms with van der Waals surface area (Å²) in [5.41, 5.74) is 1.28. The van der Waals surface area contributed by atoms with Crippen molar-refractivity contribution in [3.05, 3.63) is 141 Å². The highest BCUT2D eigenvalue weighted by atomic mass is 35.5. The van der Waals surface area contributed by atoms with Crippen LogP contribution in [0.25, 0.3) is 6.08 Å². The van der Waals surface area contributed by atoms with Gasteiger partial charge in [-0.15, -0.1) is 0 Å². The Kier molecular flexibility index (Phi) is 5.60. The van der Waals surface area contributed by atoms with Crippen molar-refractivity contribution < 1.29 is 18.8 Å². The lowest BCUT2D eigenvalue weighted by Gasteiger charge is -2.37. The van der Waals surface area contributed by atoms with Gasteiger partial charge in [-0.25, -0.2) is 4.39 Å². The number of ketones is 3. The van der Waals surface area contributed by atoms with Gasteiger partial charge in [0.25, 0.3) is 0 Å². The smallest absolute Gasteiger partial charge is 0.185 e. The Morgan fingerprint density at radius 1 is 0.825 bits per heavy atom.